The summed E-state index contributed by atoms with van der Waals surface area (Å²) < 4.78 is 1.23. The van der Waals surface area contributed by atoms with E-state index in [1.165, 1.54) is 4.68 Å². The molecule has 0 aliphatic rings. The summed E-state index contributed by atoms with van der Waals surface area (Å²) in [6.07, 6.45) is 6.63. The van der Waals surface area contributed by atoms with Crippen LogP contribution in [-0.4, -0.2) is 25.8 Å². The Morgan fingerprint density at radius 1 is 1.14 bits per heavy atom. The molecule has 3 heterocycles. The summed E-state index contributed by atoms with van der Waals surface area (Å²) >= 11 is 0. The van der Waals surface area contributed by atoms with E-state index in [-0.39, 0.29) is 0 Å². The first-order chi connectivity index (χ1) is 10.8. The van der Waals surface area contributed by atoms with Crippen molar-refractivity contribution < 1.29 is 0 Å². The zero-order valence-electron chi connectivity index (χ0n) is 11.5. The summed E-state index contributed by atoms with van der Waals surface area (Å²) in [4.78, 5) is 23.2. The first kappa shape index (κ1) is 12.5. The van der Waals surface area contributed by atoms with Gasteiger partial charge < -0.3 is 4.98 Å². The van der Waals surface area contributed by atoms with Crippen LogP contribution in [-0.2, 0) is 0 Å². The van der Waals surface area contributed by atoms with Crippen molar-refractivity contribution in [2.75, 3.05) is 0 Å². The van der Waals surface area contributed by atoms with Crippen molar-refractivity contribution in [3.05, 3.63) is 71.0 Å². The predicted molar refractivity (Wildman–Crippen MR) is 85.1 cm³/mol. The van der Waals surface area contributed by atoms with Crippen LogP contribution in [0.3, 0.4) is 0 Å². The lowest BCUT2D eigenvalue weighted by Crippen LogP contribution is -2.18. The maximum Gasteiger partial charge on any atom is 0.370 e. The summed E-state index contributed by atoms with van der Waals surface area (Å²) in [5.74, 6) is 0. The highest BCUT2D eigenvalue weighted by Gasteiger charge is 2.07. The number of H-pyrrole nitrogens is 1. The third-order valence-electron chi connectivity index (χ3n) is 3.40. The van der Waals surface area contributed by atoms with Crippen LogP contribution in [0, 0.1) is 0 Å². The number of benzene rings is 1. The number of rotatable bonds is 2. The number of para-hydroxylation sites is 1. The van der Waals surface area contributed by atoms with E-state index in [2.05, 4.69) is 20.1 Å². The van der Waals surface area contributed by atoms with Crippen molar-refractivity contribution in [1.29, 1.82) is 0 Å². The highest BCUT2D eigenvalue weighted by Crippen LogP contribution is 2.22. The molecule has 1 N–H and O–H groups in total. The average Bonchev–Trinajstić information content (AvgIpc) is 2.91. The largest absolute Gasteiger partial charge is 0.370 e. The van der Waals surface area contributed by atoms with Gasteiger partial charge in [0.2, 0.25) is 0 Å². The summed E-state index contributed by atoms with van der Waals surface area (Å²) in [7, 11) is 0. The average molecular weight is 289 g/mol. The lowest BCUT2D eigenvalue weighted by molar-refractivity contribution is 0.802. The minimum Gasteiger partial charge on any atom is -0.339 e. The first-order valence-electron chi connectivity index (χ1n) is 6.76. The topological polar surface area (TPSA) is 75.9 Å². The van der Waals surface area contributed by atoms with Gasteiger partial charge in [0, 0.05) is 40.4 Å². The van der Waals surface area contributed by atoms with Gasteiger partial charge in [-0.1, -0.05) is 24.3 Å². The van der Waals surface area contributed by atoms with E-state index in [0.29, 0.717) is 5.65 Å². The number of pyridine rings is 1. The van der Waals surface area contributed by atoms with E-state index in [4.69, 9.17) is 0 Å². The first-order valence-corrected chi connectivity index (χ1v) is 6.76. The van der Waals surface area contributed by atoms with E-state index in [1.54, 1.807) is 24.8 Å². The van der Waals surface area contributed by atoms with Gasteiger partial charge in [-0.15, -0.1) is 0 Å². The summed E-state index contributed by atoms with van der Waals surface area (Å²) in [5.41, 5.74) is 1.89. The fourth-order valence-corrected chi connectivity index (χ4v) is 2.36. The number of aromatic amines is 1. The van der Waals surface area contributed by atoms with E-state index in [0.717, 1.165) is 21.9 Å². The van der Waals surface area contributed by atoms with Gasteiger partial charge in [-0.2, -0.15) is 14.8 Å². The molecule has 0 bridgehead atoms. The highest BCUT2D eigenvalue weighted by atomic mass is 16.1. The molecule has 0 amide bonds. The minimum absolute atomic E-state index is 0.431. The molecule has 6 heteroatoms. The second kappa shape index (κ2) is 4.92. The normalized spacial score (nSPS) is 11.6. The van der Waals surface area contributed by atoms with Gasteiger partial charge in [0.15, 0.2) is 0 Å². The molecule has 0 aliphatic heterocycles. The Bertz CT molecular complexity index is 1050. The van der Waals surface area contributed by atoms with E-state index in [9.17, 15) is 4.79 Å². The molecule has 4 rings (SSSR count). The molecule has 106 valence electrons. The fourth-order valence-electron chi connectivity index (χ4n) is 2.36. The zero-order chi connectivity index (χ0) is 14.9. The Hall–Kier alpha value is -3.28. The van der Waals surface area contributed by atoms with Crippen LogP contribution in [0.4, 0.5) is 0 Å². The summed E-state index contributed by atoms with van der Waals surface area (Å²) in [6.45, 7) is 0. The zero-order valence-corrected chi connectivity index (χ0v) is 11.5. The fraction of sp³-hybridized carbons (Fsp3) is 0. The third-order valence-corrected chi connectivity index (χ3v) is 3.40. The second-order valence-corrected chi connectivity index (χ2v) is 4.83. The van der Waals surface area contributed by atoms with Crippen LogP contribution in [0.5, 0.6) is 0 Å². The lowest BCUT2D eigenvalue weighted by atomic mass is 10.2. The third kappa shape index (κ3) is 2.07. The van der Waals surface area contributed by atoms with Crippen LogP contribution in [0.1, 0.15) is 5.56 Å². The van der Waals surface area contributed by atoms with Crippen molar-refractivity contribution in [2.45, 2.75) is 0 Å². The number of hydrogen-bond donors (Lipinski definition) is 1. The number of aromatic nitrogens is 4. The predicted octanol–water partition coefficient (Wildman–Crippen LogP) is 2.16. The van der Waals surface area contributed by atoms with Crippen LogP contribution >= 0.6 is 0 Å². The maximum absolute atomic E-state index is 12.0. The van der Waals surface area contributed by atoms with Crippen molar-refractivity contribution >= 4 is 28.2 Å². The van der Waals surface area contributed by atoms with Gasteiger partial charge in [-0.05, 0) is 12.1 Å². The molecule has 22 heavy (non-hydrogen) atoms. The second-order valence-electron chi connectivity index (χ2n) is 4.83. The van der Waals surface area contributed by atoms with Crippen LogP contribution in [0.25, 0.3) is 21.9 Å². The number of fused-ring (bicyclic) bond motifs is 3. The molecule has 0 atom stereocenters. The monoisotopic (exact) mass is 289 g/mol. The molecule has 0 unspecified atom stereocenters. The Morgan fingerprint density at radius 2 is 2.05 bits per heavy atom. The van der Waals surface area contributed by atoms with Crippen LogP contribution < -0.4 is 5.69 Å². The smallest absolute Gasteiger partial charge is 0.339 e. The Kier molecular flexibility index (Phi) is 2.79. The molecule has 1 aromatic carbocycles. The van der Waals surface area contributed by atoms with E-state index >= 15 is 0 Å². The van der Waals surface area contributed by atoms with Crippen LogP contribution in [0.2, 0.25) is 0 Å². The summed E-state index contributed by atoms with van der Waals surface area (Å²) in [6, 6.07) is 11.5. The highest BCUT2D eigenvalue weighted by molar-refractivity contribution is 6.05. The van der Waals surface area contributed by atoms with Crippen LogP contribution in [0.15, 0.2) is 64.9 Å². The molecule has 0 saturated carbocycles. The van der Waals surface area contributed by atoms with Gasteiger partial charge in [-0.3, -0.25) is 4.98 Å². The van der Waals surface area contributed by atoms with Crippen molar-refractivity contribution in [2.24, 2.45) is 5.10 Å². The Balaban J connectivity index is 1.87. The van der Waals surface area contributed by atoms with E-state index < -0.39 is 5.69 Å². The molecular formula is C16H11N5O. The standard InChI is InChI=1S/C16H11N5O/c22-16-20-15-13(12-5-1-2-6-14(12)19-15)10-21(16)18-9-11-4-3-7-17-8-11/h1-10H,(H,19,20,22). The maximum atomic E-state index is 12.0. The number of hydrogen-bond acceptors (Lipinski definition) is 4. The van der Waals surface area contributed by atoms with Crippen molar-refractivity contribution in [3.63, 3.8) is 0 Å². The molecule has 3 aromatic heterocycles. The van der Waals surface area contributed by atoms with Crippen molar-refractivity contribution in [1.82, 2.24) is 19.6 Å². The van der Waals surface area contributed by atoms with Gasteiger partial charge in [0.25, 0.3) is 0 Å². The van der Waals surface area contributed by atoms with E-state index in [1.807, 2.05) is 36.4 Å². The molecule has 0 spiro atoms. The molecule has 0 radical (unpaired) electrons. The molecular weight excluding hydrogens is 278 g/mol. The molecule has 6 nitrogen and oxygen atoms in total. The molecule has 0 fully saturated rings. The Labute approximate surface area is 124 Å². The van der Waals surface area contributed by atoms with Gasteiger partial charge in [0.05, 0.1) is 6.21 Å². The number of nitrogens with one attached hydrogen (secondary N) is 1. The van der Waals surface area contributed by atoms with Gasteiger partial charge >= 0.3 is 5.69 Å². The SMILES string of the molecule is O=c1nc2[nH]c3ccccc3c2cn1N=Cc1cccnc1. The summed E-state index contributed by atoms with van der Waals surface area (Å²) in [5, 5.41) is 6.04. The quantitative estimate of drug-likeness (QED) is 0.574. The van der Waals surface area contributed by atoms with Gasteiger partial charge in [-0.25, -0.2) is 4.79 Å². The molecule has 0 aliphatic carbocycles. The Morgan fingerprint density at radius 3 is 2.91 bits per heavy atom. The minimum atomic E-state index is -0.431. The molecule has 0 saturated heterocycles. The van der Waals surface area contributed by atoms with Crippen molar-refractivity contribution in [3.8, 4) is 0 Å². The number of nitrogens with zero attached hydrogens (tertiary/aromatic N) is 4. The van der Waals surface area contributed by atoms with Gasteiger partial charge in [0.1, 0.15) is 5.65 Å². The lowest BCUT2D eigenvalue weighted by Gasteiger charge is -1.97. The molecule has 4 aromatic rings.